The maximum Gasteiger partial charge on any atom is 0.264 e. The number of carbonyl (C=O) groups excluding carboxylic acids is 1. The molecule has 0 spiro atoms. The van der Waals surface area contributed by atoms with Crippen LogP contribution in [0, 0.1) is 18.8 Å². The number of hydrogen-bond acceptors (Lipinski definition) is 5. The highest BCUT2D eigenvalue weighted by Crippen LogP contribution is 2.24. The predicted octanol–water partition coefficient (Wildman–Crippen LogP) is 3.92. The van der Waals surface area contributed by atoms with Gasteiger partial charge in [-0.2, -0.15) is 5.10 Å². The van der Waals surface area contributed by atoms with E-state index in [0.29, 0.717) is 39.2 Å². The maximum absolute atomic E-state index is 14.1. The Bertz CT molecular complexity index is 1800. The van der Waals surface area contributed by atoms with E-state index in [0.717, 1.165) is 5.39 Å². The van der Waals surface area contributed by atoms with E-state index in [1.54, 1.807) is 34.5 Å². The summed E-state index contributed by atoms with van der Waals surface area (Å²) in [5.74, 6) is 5.80. The quantitative estimate of drug-likeness (QED) is 0.361. The minimum Gasteiger partial charge on any atom is -0.344 e. The monoisotopic (exact) mass is 504 g/mol. The lowest BCUT2D eigenvalue weighted by Gasteiger charge is -2.21. The number of aryl methyl sites for hydroxylation is 1. The molecule has 1 atom stereocenters. The van der Waals surface area contributed by atoms with Crippen LogP contribution in [0.3, 0.4) is 0 Å². The van der Waals surface area contributed by atoms with Gasteiger partial charge in [-0.25, -0.2) is 9.50 Å². The number of carbonyl (C=O) groups is 1. The fraction of sp³-hybridized carbons (Fsp3) is 0.200. The van der Waals surface area contributed by atoms with Gasteiger partial charge in [-0.1, -0.05) is 42.2 Å². The van der Waals surface area contributed by atoms with E-state index in [1.165, 1.54) is 0 Å². The number of nitrogens with one attached hydrogen (secondary N) is 1. The van der Waals surface area contributed by atoms with Crippen LogP contribution in [0.5, 0.6) is 0 Å². The first-order chi connectivity index (χ1) is 18.1. The van der Waals surface area contributed by atoms with Gasteiger partial charge >= 0.3 is 0 Å². The Labute approximate surface area is 220 Å². The minimum atomic E-state index is -0.704. The number of aromatic nitrogens is 4. The zero-order valence-electron chi connectivity index (χ0n) is 21.7. The van der Waals surface area contributed by atoms with E-state index < -0.39 is 11.6 Å². The van der Waals surface area contributed by atoms with E-state index in [2.05, 4.69) is 27.2 Å². The number of fused-ring (bicyclic) bond motifs is 2. The lowest BCUT2D eigenvalue weighted by atomic mass is 10.0. The molecular formula is C30H28N6O2. The molecule has 0 saturated carbocycles. The van der Waals surface area contributed by atoms with Crippen molar-refractivity contribution in [1.82, 2.24) is 24.5 Å². The Morgan fingerprint density at radius 1 is 1.11 bits per heavy atom. The maximum atomic E-state index is 14.1. The molecule has 0 bridgehead atoms. The second-order valence-corrected chi connectivity index (χ2v) is 9.83. The highest BCUT2D eigenvalue weighted by atomic mass is 16.2. The van der Waals surface area contributed by atoms with Gasteiger partial charge in [0.25, 0.3) is 11.5 Å². The smallest absolute Gasteiger partial charge is 0.264 e. The molecule has 0 aliphatic heterocycles. The fourth-order valence-corrected chi connectivity index (χ4v) is 4.48. The van der Waals surface area contributed by atoms with Crippen LogP contribution in [0.1, 0.15) is 54.1 Å². The van der Waals surface area contributed by atoms with Crippen molar-refractivity contribution in [3.8, 4) is 17.5 Å². The lowest BCUT2D eigenvalue weighted by molar-refractivity contribution is 0.0939. The highest BCUT2D eigenvalue weighted by molar-refractivity contribution is 6.01. The van der Waals surface area contributed by atoms with Crippen molar-refractivity contribution in [3.63, 3.8) is 0 Å². The summed E-state index contributed by atoms with van der Waals surface area (Å²) in [5, 5.41) is 8.68. The Morgan fingerprint density at radius 3 is 2.61 bits per heavy atom. The molecule has 3 heterocycles. The van der Waals surface area contributed by atoms with E-state index in [1.807, 2.05) is 75.4 Å². The molecule has 0 aliphatic rings. The van der Waals surface area contributed by atoms with Gasteiger partial charge in [-0.15, -0.1) is 0 Å². The number of rotatable bonds is 4. The summed E-state index contributed by atoms with van der Waals surface area (Å²) >= 11 is 0. The van der Waals surface area contributed by atoms with Crippen LogP contribution in [0.25, 0.3) is 22.1 Å². The number of pyridine rings is 1. The van der Waals surface area contributed by atoms with Crippen LogP contribution >= 0.6 is 0 Å². The molecule has 0 fully saturated rings. The largest absolute Gasteiger partial charge is 0.344 e. The minimum absolute atomic E-state index is 0.224. The van der Waals surface area contributed by atoms with Gasteiger partial charge in [-0.05, 0) is 63.4 Å². The third-order valence-electron chi connectivity index (χ3n) is 6.20. The number of para-hydroxylation sites is 1. The Morgan fingerprint density at radius 2 is 1.87 bits per heavy atom. The summed E-state index contributed by atoms with van der Waals surface area (Å²) in [6, 6.07) is 18.1. The van der Waals surface area contributed by atoms with Crippen molar-refractivity contribution in [2.45, 2.75) is 39.3 Å². The van der Waals surface area contributed by atoms with E-state index in [9.17, 15) is 9.59 Å². The van der Waals surface area contributed by atoms with Crippen LogP contribution in [-0.4, -0.2) is 30.6 Å². The van der Waals surface area contributed by atoms with Crippen LogP contribution < -0.4 is 16.6 Å². The SMILES string of the molecule is Cc1nn2cccnc2c1C(=O)NC(C)c1cc2cccc(C#CC(C)(C)N)c2c(=O)n1-c1ccccc1. The molecule has 3 N–H and O–H groups in total. The molecule has 2 aromatic carbocycles. The summed E-state index contributed by atoms with van der Waals surface area (Å²) < 4.78 is 3.21. The van der Waals surface area contributed by atoms with Gasteiger partial charge < -0.3 is 11.1 Å². The molecule has 3 aromatic heterocycles. The lowest BCUT2D eigenvalue weighted by Crippen LogP contribution is -2.32. The molecule has 1 unspecified atom stereocenters. The summed E-state index contributed by atoms with van der Waals surface area (Å²) in [7, 11) is 0. The molecule has 0 radical (unpaired) electrons. The van der Waals surface area contributed by atoms with Gasteiger partial charge in [0.1, 0.15) is 5.56 Å². The molecule has 190 valence electrons. The molecule has 0 saturated heterocycles. The number of nitrogens with zero attached hydrogens (tertiary/aromatic N) is 4. The number of benzene rings is 2. The summed E-state index contributed by atoms with van der Waals surface area (Å²) in [5.41, 5.74) is 8.51. The van der Waals surface area contributed by atoms with Gasteiger partial charge in [0, 0.05) is 29.3 Å². The summed E-state index contributed by atoms with van der Waals surface area (Å²) in [6.45, 7) is 7.26. The Balaban J connectivity index is 1.66. The van der Waals surface area contributed by atoms with Gasteiger partial charge in [0.15, 0.2) is 5.65 Å². The highest BCUT2D eigenvalue weighted by Gasteiger charge is 2.23. The molecule has 8 heteroatoms. The first-order valence-corrected chi connectivity index (χ1v) is 12.3. The fourth-order valence-electron chi connectivity index (χ4n) is 4.48. The van der Waals surface area contributed by atoms with E-state index in [-0.39, 0.29) is 11.5 Å². The Hall–Kier alpha value is -4.74. The van der Waals surface area contributed by atoms with Crippen molar-refractivity contribution in [1.29, 1.82) is 0 Å². The van der Waals surface area contributed by atoms with Gasteiger partial charge in [0.2, 0.25) is 0 Å². The zero-order chi connectivity index (χ0) is 27.0. The zero-order valence-corrected chi connectivity index (χ0v) is 21.7. The van der Waals surface area contributed by atoms with Crippen LogP contribution in [0.15, 0.2) is 77.9 Å². The number of amides is 1. The second-order valence-electron chi connectivity index (χ2n) is 9.83. The van der Waals surface area contributed by atoms with Gasteiger partial charge in [0.05, 0.1) is 22.7 Å². The number of nitrogens with two attached hydrogens (primary N) is 1. The molecule has 8 nitrogen and oxygen atoms in total. The van der Waals surface area contributed by atoms with Crippen molar-refractivity contribution in [2.75, 3.05) is 0 Å². The van der Waals surface area contributed by atoms with Crippen LogP contribution in [0.4, 0.5) is 0 Å². The number of hydrogen-bond donors (Lipinski definition) is 2. The first-order valence-electron chi connectivity index (χ1n) is 12.3. The van der Waals surface area contributed by atoms with Crippen molar-refractivity contribution in [3.05, 3.63) is 106 Å². The van der Waals surface area contributed by atoms with Gasteiger partial charge in [-0.3, -0.25) is 14.2 Å². The van der Waals surface area contributed by atoms with E-state index in [4.69, 9.17) is 5.73 Å². The third kappa shape index (κ3) is 4.67. The molecule has 5 rings (SSSR count). The summed E-state index contributed by atoms with van der Waals surface area (Å²) in [6.07, 6.45) is 3.37. The van der Waals surface area contributed by atoms with Crippen molar-refractivity contribution < 1.29 is 4.79 Å². The predicted molar refractivity (Wildman–Crippen MR) is 148 cm³/mol. The van der Waals surface area contributed by atoms with Crippen LogP contribution in [-0.2, 0) is 0 Å². The molecule has 1 amide bonds. The Kier molecular flexibility index (Phi) is 6.31. The topological polar surface area (TPSA) is 107 Å². The normalized spacial score (nSPS) is 12.2. The molecular weight excluding hydrogens is 476 g/mol. The van der Waals surface area contributed by atoms with Crippen molar-refractivity contribution in [2.24, 2.45) is 5.73 Å². The summed E-state index contributed by atoms with van der Waals surface area (Å²) in [4.78, 5) is 31.8. The first kappa shape index (κ1) is 24.9. The third-order valence-corrected chi connectivity index (χ3v) is 6.20. The second kappa shape index (κ2) is 9.61. The molecule has 38 heavy (non-hydrogen) atoms. The average Bonchev–Trinajstić information content (AvgIpc) is 3.23. The average molecular weight is 505 g/mol. The van der Waals surface area contributed by atoms with Crippen molar-refractivity contribution >= 4 is 22.3 Å². The van der Waals surface area contributed by atoms with Crippen LogP contribution in [0.2, 0.25) is 0 Å². The standard InChI is InChI=1S/C30H28N6O2/c1-19(33-28(37)25-20(2)34-35-17-9-16-32-27(25)35)24-18-22-11-8-10-21(14-15-30(3,4)31)26(22)29(38)36(24)23-12-6-5-7-13-23/h5-13,16-19H,31H2,1-4H3,(H,33,37). The molecule has 0 aliphatic carbocycles. The van der Waals surface area contributed by atoms with E-state index >= 15 is 0 Å². The molecule has 5 aromatic rings.